The average molecular weight is 357 g/mol. The largest absolute Gasteiger partial charge is 0.454 e. The van der Waals surface area contributed by atoms with Crippen molar-refractivity contribution in [3.05, 3.63) is 35.5 Å². The Kier molecular flexibility index (Phi) is 4.85. The predicted octanol–water partition coefficient (Wildman–Crippen LogP) is 3.93. The lowest BCUT2D eigenvalue weighted by Crippen LogP contribution is -2.43. The summed E-state index contributed by atoms with van der Waals surface area (Å²) in [5.74, 6) is 4.41. The molecular formula is C20H27N3O3. The van der Waals surface area contributed by atoms with Crippen LogP contribution in [0.2, 0.25) is 0 Å². The molecule has 3 atom stereocenters. The number of aryl methyl sites for hydroxylation is 1. The molecule has 4 rings (SSSR count). The van der Waals surface area contributed by atoms with Gasteiger partial charge in [0.05, 0.1) is 6.54 Å². The molecule has 2 aliphatic rings. The Morgan fingerprint density at radius 2 is 1.96 bits per heavy atom. The lowest BCUT2D eigenvalue weighted by molar-refractivity contribution is 0.0600. The Labute approximate surface area is 154 Å². The molecule has 3 unspecified atom stereocenters. The van der Waals surface area contributed by atoms with E-state index in [4.69, 9.17) is 14.0 Å². The summed E-state index contributed by atoms with van der Waals surface area (Å²) >= 11 is 0. The number of fused-ring (bicyclic) bond motifs is 1. The zero-order valence-corrected chi connectivity index (χ0v) is 15.8. The van der Waals surface area contributed by atoms with E-state index >= 15 is 0 Å². The molecule has 1 aromatic heterocycles. The van der Waals surface area contributed by atoms with Gasteiger partial charge >= 0.3 is 0 Å². The van der Waals surface area contributed by atoms with E-state index in [9.17, 15) is 0 Å². The summed E-state index contributed by atoms with van der Waals surface area (Å²) in [6.45, 7) is 8.42. The smallest absolute Gasteiger partial charge is 0.240 e. The van der Waals surface area contributed by atoms with Crippen molar-refractivity contribution < 1.29 is 14.0 Å². The second-order valence-corrected chi connectivity index (χ2v) is 7.66. The number of ether oxygens (including phenoxy) is 2. The molecule has 2 heterocycles. The van der Waals surface area contributed by atoms with Crippen molar-refractivity contribution in [2.24, 2.45) is 11.8 Å². The first-order valence-electron chi connectivity index (χ1n) is 9.52. The zero-order valence-electron chi connectivity index (χ0n) is 15.8. The SMILES string of the molecule is Cc1noc(CN(Cc2ccc3c(c2)OCO3)C2CCCC(C)C2C)n1. The standard InChI is InChI=1S/C20H27N3O3/c1-13-5-4-6-17(14(13)2)23(11-20-21-15(3)22-26-20)10-16-7-8-18-19(9-16)25-12-24-18/h7-9,13-14,17H,4-6,10-12H2,1-3H3. The highest BCUT2D eigenvalue weighted by Crippen LogP contribution is 2.36. The molecule has 1 fully saturated rings. The van der Waals surface area contributed by atoms with Crippen molar-refractivity contribution in [1.82, 2.24) is 15.0 Å². The molecule has 1 aromatic carbocycles. The second-order valence-electron chi connectivity index (χ2n) is 7.66. The fourth-order valence-electron chi connectivity index (χ4n) is 4.21. The minimum atomic E-state index is 0.306. The summed E-state index contributed by atoms with van der Waals surface area (Å²) in [5, 5.41) is 3.95. The van der Waals surface area contributed by atoms with Crippen LogP contribution in [0.3, 0.4) is 0 Å². The van der Waals surface area contributed by atoms with Gasteiger partial charge in [-0.05, 0) is 42.9 Å². The van der Waals surface area contributed by atoms with Gasteiger partial charge in [0.25, 0.3) is 0 Å². The van der Waals surface area contributed by atoms with E-state index < -0.39 is 0 Å². The highest BCUT2D eigenvalue weighted by atomic mass is 16.7. The van der Waals surface area contributed by atoms with Gasteiger partial charge in [0.2, 0.25) is 12.7 Å². The van der Waals surface area contributed by atoms with Crippen LogP contribution in [0.15, 0.2) is 22.7 Å². The molecular weight excluding hydrogens is 330 g/mol. The summed E-state index contributed by atoms with van der Waals surface area (Å²) in [4.78, 5) is 6.92. The van der Waals surface area contributed by atoms with Crippen molar-refractivity contribution in [1.29, 1.82) is 0 Å². The van der Waals surface area contributed by atoms with Crippen LogP contribution in [0.5, 0.6) is 11.5 Å². The molecule has 140 valence electrons. The molecule has 0 bridgehead atoms. The molecule has 0 spiro atoms. The number of hydrogen-bond donors (Lipinski definition) is 0. The average Bonchev–Trinajstić information content (AvgIpc) is 3.25. The van der Waals surface area contributed by atoms with Crippen LogP contribution >= 0.6 is 0 Å². The first kappa shape index (κ1) is 17.3. The van der Waals surface area contributed by atoms with Crippen LogP contribution < -0.4 is 9.47 Å². The van der Waals surface area contributed by atoms with Gasteiger partial charge in [0, 0.05) is 12.6 Å². The number of nitrogens with zero attached hydrogens (tertiary/aromatic N) is 3. The van der Waals surface area contributed by atoms with Crippen LogP contribution in [0.25, 0.3) is 0 Å². The Morgan fingerprint density at radius 1 is 1.12 bits per heavy atom. The minimum absolute atomic E-state index is 0.306. The van der Waals surface area contributed by atoms with Crippen LogP contribution in [0, 0.1) is 18.8 Å². The molecule has 0 saturated heterocycles. The molecule has 1 aliphatic carbocycles. The highest BCUT2D eigenvalue weighted by Gasteiger charge is 2.32. The summed E-state index contributed by atoms with van der Waals surface area (Å²) in [6.07, 6.45) is 3.80. The Morgan fingerprint density at radius 3 is 2.77 bits per heavy atom. The second kappa shape index (κ2) is 7.27. The third kappa shape index (κ3) is 3.56. The van der Waals surface area contributed by atoms with Crippen molar-refractivity contribution in [2.75, 3.05) is 6.79 Å². The number of benzene rings is 1. The van der Waals surface area contributed by atoms with Gasteiger partial charge < -0.3 is 14.0 Å². The van der Waals surface area contributed by atoms with Gasteiger partial charge in [-0.1, -0.05) is 37.9 Å². The summed E-state index contributed by atoms with van der Waals surface area (Å²) in [6, 6.07) is 6.72. The van der Waals surface area contributed by atoms with Gasteiger partial charge in [-0.3, -0.25) is 4.90 Å². The highest BCUT2D eigenvalue weighted by molar-refractivity contribution is 5.44. The quantitative estimate of drug-likeness (QED) is 0.808. The van der Waals surface area contributed by atoms with E-state index in [2.05, 4.69) is 41.0 Å². The van der Waals surface area contributed by atoms with Gasteiger partial charge in [0.15, 0.2) is 17.3 Å². The molecule has 2 aromatic rings. The Balaban J connectivity index is 1.57. The van der Waals surface area contributed by atoms with Crippen LogP contribution in [0.4, 0.5) is 0 Å². The van der Waals surface area contributed by atoms with Crippen molar-refractivity contribution in [2.45, 2.75) is 59.2 Å². The molecule has 1 saturated carbocycles. The van der Waals surface area contributed by atoms with E-state index in [0.29, 0.717) is 37.0 Å². The number of rotatable bonds is 5. The van der Waals surface area contributed by atoms with Gasteiger partial charge in [-0.15, -0.1) is 0 Å². The van der Waals surface area contributed by atoms with E-state index in [0.717, 1.165) is 24.0 Å². The molecule has 0 amide bonds. The van der Waals surface area contributed by atoms with Crippen LogP contribution in [-0.4, -0.2) is 27.9 Å². The maximum absolute atomic E-state index is 5.54. The van der Waals surface area contributed by atoms with Gasteiger partial charge in [0.1, 0.15) is 0 Å². The monoisotopic (exact) mass is 357 g/mol. The Hall–Kier alpha value is -2.08. The van der Waals surface area contributed by atoms with Crippen LogP contribution in [-0.2, 0) is 13.1 Å². The van der Waals surface area contributed by atoms with Gasteiger partial charge in [-0.25, -0.2) is 0 Å². The molecule has 26 heavy (non-hydrogen) atoms. The zero-order chi connectivity index (χ0) is 18.1. The fourth-order valence-corrected chi connectivity index (χ4v) is 4.21. The maximum atomic E-state index is 5.54. The third-order valence-corrected chi connectivity index (χ3v) is 5.86. The lowest BCUT2D eigenvalue weighted by Gasteiger charge is -2.41. The van der Waals surface area contributed by atoms with Crippen molar-refractivity contribution in [3.8, 4) is 11.5 Å². The molecule has 6 nitrogen and oxygen atoms in total. The topological polar surface area (TPSA) is 60.6 Å². The Bertz CT molecular complexity index is 761. The lowest BCUT2D eigenvalue weighted by atomic mass is 9.77. The summed E-state index contributed by atoms with van der Waals surface area (Å²) in [7, 11) is 0. The van der Waals surface area contributed by atoms with E-state index in [1.54, 1.807) is 0 Å². The minimum Gasteiger partial charge on any atom is -0.454 e. The summed E-state index contributed by atoms with van der Waals surface area (Å²) in [5.41, 5.74) is 1.22. The molecule has 0 N–H and O–H groups in total. The van der Waals surface area contributed by atoms with E-state index in [1.807, 2.05) is 13.0 Å². The van der Waals surface area contributed by atoms with Gasteiger partial charge in [-0.2, -0.15) is 4.98 Å². The molecule has 1 aliphatic heterocycles. The van der Waals surface area contributed by atoms with Crippen molar-refractivity contribution >= 4 is 0 Å². The number of hydrogen-bond acceptors (Lipinski definition) is 6. The first-order valence-corrected chi connectivity index (χ1v) is 9.52. The van der Waals surface area contributed by atoms with Crippen molar-refractivity contribution in [3.63, 3.8) is 0 Å². The third-order valence-electron chi connectivity index (χ3n) is 5.86. The van der Waals surface area contributed by atoms with E-state index in [1.165, 1.54) is 24.8 Å². The fraction of sp³-hybridized carbons (Fsp3) is 0.600. The normalized spacial score (nSPS) is 25.0. The van der Waals surface area contributed by atoms with Crippen LogP contribution in [0.1, 0.15) is 50.4 Å². The van der Waals surface area contributed by atoms with E-state index in [-0.39, 0.29) is 0 Å². The summed E-state index contributed by atoms with van der Waals surface area (Å²) < 4.78 is 16.4. The molecule has 0 radical (unpaired) electrons. The number of aromatic nitrogens is 2. The maximum Gasteiger partial charge on any atom is 0.240 e. The molecule has 6 heteroatoms. The predicted molar refractivity (Wildman–Crippen MR) is 96.8 cm³/mol. The first-order chi connectivity index (χ1) is 12.6.